The third-order valence-electron chi connectivity index (χ3n) is 2.66. The normalized spacial score (nSPS) is 21.9. The molecule has 5 nitrogen and oxygen atoms in total. The van der Waals surface area contributed by atoms with Crippen LogP contribution in [0.15, 0.2) is 12.4 Å². The predicted molar refractivity (Wildman–Crippen MR) is 62.2 cm³/mol. The molecule has 0 spiro atoms. The minimum atomic E-state index is 0.242. The SMILES string of the molecule is CC1CN(c2cncc(CN)n2)CCCO1. The molecular formula is C11H18N4O. The molecule has 2 rings (SSSR count). The molecule has 2 N–H and O–H groups in total. The van der Waals surface area contributed by atoms with Crippen LogP contribution in [-0.2, 0) is 11.3 Å². The molecule has 1 aromatic heterocycles. The Balaban J connectivity index is 2.14. The maximum atomic E-state index is 5.60. The van der Waals surface area contributed by atoms with Crippen molar-refractivity contribution in [2.75, 3.05) is 24.6 Å². The monoisotopic (exact) mass is 222 g/mol. The summed E-state index contributed by atoms with van der Waals surface area (Å²) in [4.78, 5) is 10.8. The molecule has 2 heterocycles. The average molecular weight is 222 g/mol. The largest absolute Gasteiger partial charge is 0.377 e. The summed E-state index contributed by atoms with van der Waals surface area (Å²) in [6.07, 6.45) is 4.77. The zero-order valence-corrected chi connectivity index (χ0v) is 9.59. The molecule has 5 heteroatoms. The second-order valence-corrected chi connectivity index (χ2v) is 4.05. The van der Waals surface area contributed by atoms with Crippen molar-refractivity contribution in [3.8, 4) is 0 Å². The van der Waals surface area contributed by atoms with Gasteiger partial charge in [-0.05, 0) is 13.3 Å². The van der Waals surface area contributed by atoms with Crippen LogP contribution in [0.3, 0.4) is 0 Å². The number of nitrogens with two attached hydrogens (primary N) is 1. The third-order valence-corrected chi connectivity index (χ3v) is 2.66. The van der Waals surface area contributed by atoms with Crippen LogP contribution in [0.2, 0.25) is 0 Å². The molecule has 1 aliphatic rings. The van der Waals surface area contributed by atoms with Crippen molar-refractivity contribution in [1.82, 2.24) is 9.97 Å². The lowest BCUT2D eigenvalue weighted by Crippen LogP contribution is -2.31. The number of aromatic nitrogens is 2. The minimum Gasteiger partial charge on any atom is -0.377 e. The molecule has 1 fully saturated rings. The summed E-state index contributed by atoms with van der Waals surface area (Å²) in [5, 5.41) is 0. The lowest BCUT2D eigenvalue weighted by Gasteiger charge is -2.23. The first-order valence-corrected chi connectivity index (χ1v) is 5.67. The molecule has 0 saturated carbocycles. The molecule has 1 aliphatic heterocycles. The topological polar surface area (TPSA) is 64.3 Å². The van der Waals surface area contributed by atoms with Crippen molar-refractivity contribution in [3.63, 3.8) is 0 Å². The van der Waals surface area contributed by atoms with Gasteiger partial charge in [0.2, 0.25) is 0 Å². The van der Waals surface area contributed by atoms with E-state index < -0.39 is 0 Å². The lowest BCUT2D eigenvalue weighted by atomic mass is 10.3. The maximum Gasteiger partial charge on any atom is 0.147 e. The van der Waals surface area contributed by atoms with Gasteiger partial charge in [0.1, 0.15) is 5.82 Å². The van der Waals surface area contributed by atoms with Gasteiger partial charge >= 0.3 is 0 Å². The highest BCUT2D eigenvalue weighted by Crippen LogP contribution is 2.14. The zero-order valence-electron chi connectivity index (χ0n) is 9.59. The Morgan fingerprint density at radius 3 is 3.25 bits per heavy atom. The number of rotatable bonds is 2. The molecular weight excluding hydrogens is 204 g/mol. The number of hydrogen-bond acceptors (Lipinski definition) is 5. The first-order valence-electron chi connectivity index (χ1n) is 5.67. The molecule has 0 aromatic carbocycles. The van der Waals surface area contributed by atoms with Crippen molar-refractivity contribution < 1.29 is 4.74 Å². The Bertz CT molecular complexity index is 345. The first kappa shape index (κ1) is 11.3. The Morgan fingerprint density at radius 1 is 1.56 bits per heavy atom. The number of hydrogen-bond donors (Lipinski definition) is 1. The van der Waals surface area contributed by atoms with Gasteiger partial charge in [0, 0.05) is 32.4 Å². The van der Waals surface area contributed by atoms with Crippen LogP contribution in [0.5, 0.6) is 0 Å². The summed E-state index contributed by atoms with van der Waals surface area (Å²) < 4.78 is 5.60. The zero-order chi connectivity index (χ0) is 11.4. The Morgan fingerprint density at radius 2 is 2.44 bits per heavy atom. The molecule has 1 saturated heterocycles. The van der Waals surface area contributed by atoms with Gasteiger partial charge in [-0.25, -0.2) is 4.98 Å². The van der Waals surface area contributed by atoms with E-state index in [-0.39, 0.29) is 6.10 Å². The van der Waals surface area contributed by atoms with E-state index in [0.29, 0.717) is 6.54 Å². The van der Waals surface area contributed by atoms with Crippen molar-refractivity contribution in [2.24, 2.45) is 5.73 Å². The lowest BCUT2D eigenvalue weighted by molar-refractivity contribution is 0.0820. The molecule has 88 valence electrons. The van der Waals surface area contributed by atoms with Gasteiger partial charge in [0.25, 0.3) is 0 Å². The molecule has 1 unspecified atom stereocenters. The highest BCUT2D eigenvalue weighted by Gasteiger charge is 2.16. The Labute approximate surface area is 95.6 Å². The van der Waals surface area contributed by atoms with Crippen LogP contribution in [0.1, 0.15) is 19.0 Å². The van der Waals surface area contributed by atoms with Gasteiger partial charge in [-0.15, -0.1) is 0 Å². The first-order chi connectivity index (χ1) is 7.79. The summed E-state index contributed by atoms with van der Waals surface area (Å²) >= 11 is 0. The van der Waals surface area contributed by atoms with E-state index >= 15 is 0 Å². The summed E-state index contributed by atoms with van der Waals surface area (Å²) in [6.45, 7) is 5.16. The predicted octanol–water partition coefficient (Wildman–Crippen LogP) is 0.551. The highest BCUT2D eigenvalue weighted by atomic mass is 16.5. The van der Waals surface area contributed by atoms with Crippen LogP contribution in [0, 0.1) is 0 Å². The van der Waals surface area contributed by atoms with E-state index in [1.807, 2.05) is 0 Å². The van der Waals surface area contributed by atoms with Crippen molar-refractivity contribution in [3.05, 3.63) is 18.1 Å². The van der Waals surface area contributed by atoms with Crippen LogP contribution < -0.4 is 10.6 Å². The van der Waals surface area contributed by atoms with Crippen molar-refractivity contribution >= 4 is 5.82 Å². The van der Waals surface area contributed by atoms with Gasteiger partial charge in [-0.3, -0.25) is 4.98 Å². The van der Waals surface area contributed by atoms with Crippen molar-refractivity contribution in [1.29, 1.82) is 0 Å². The van der Waals surface area contributed by atoms with Crippen LogP contribution in [0.4, 0.5) is 5.82 Å². The van der Waals surface area contributed by atoms with E-state index in [2.05, 4.69) is 21.8 Å². The number of ether oxygens (including phenoxy) is 1. The second kappa shape index (κ2) is 5.23. The van der Waals surface area contributed by atoms with Gasteiger partial charge in [-0.2, -0.15) is 0 Å². The summed E-state index contributed by atoms with van der Waals surface area (Å²) in [6, 6.07) is 0. The molecule has 1 aromatic rings. The van der Waals surface area contributed by atoms with Crippen molar-refractivity contribution in [2.45, 2.75) is 26.0 Å². The standard InChI is InChI=1S/C11H18N4O/c1-9-8-15(3-2-4-16-9)11-7-13-6-10(5-12)14-11/h6-7,9H,2-5,8,12H2,1H3. The van der Waals surface area contributed by atoms with E-state index in [1.54, 1.807) is 12.4 Å². The molecule has 0 radical (unpaired) electrons. The van der Waals surface area contributed by atoms with Gasteiger partial charge < -0.3 is 15.4 Å². The smallest absolute Gasteiger partial charge is 0.147 e. The Hall–Kier alpha value is -1.20. The van der Waals surface area contributed by atoms with Gasteiger partial charge in [0.05, 0.1) is 18.0 Å². The minimum absolute atomic E-state index is 0.242. The second-order valence-electron chi connectivity index (χ2n) is 4.05. The van der Waals surface area contributed by atoms with Crippen LogP contribution >= 0.6 is 0 Å². The van der Waals surface area contributed by atoms with E-state index in [1.165, 1.54) is 0 Å². The fraction of sp³-hybridized carbons (Fsp3) is 0.636. The average Bonchev–Trinajstić information content (AvgIpc) is 2.54. The van der Waals surface area contributed by atoms with E-state index in [0.717, 1.165) is 37.6 Å². The summed E-state index contributed by atoms with van der Waals surface area (Å²) in [7, 11) is 0. The molecule has 1 atom stereocenters. The molecule has 0 bridgehead atoms. The third kappa shape index (κ3) is 2.68. The van der Waals surface area contributed by atoms with Gasteiger partial charge in [-0.1, -0.05) is 0 Å². The molecule has 16 heavy (non-hydrogen) atoms. The number of nitrogens with zero attached hydrogens (tertiary/aromatic N) is 3. The van der Waals surface area contributed by atoms with Crippen LogP contribution in [0.25, 0.3) is 0 Å². The highest BCUT2D eigenvalue weighted by molar-refractivity contribution is 5.36. The molecule has 0 amide bonds. The van der Waals surface area contributed by atoms with E-state index in [9.17, 15) is 0 Å². The fourth-order valence-electron chi connectivity index (χ4n) is 1.85. The van der Waals surface area contributed by atoms with Gasteiger partial charge in [0.15, 0.2) is 0 Å². The maximum absolute atomic E-state index is 5.60. The summed E-state index contributed by atoms with van der Waals surface area (Å²) in [5.41, 5.74) is 6.39. The Kier molecular flexibility index (Phi) is 3.69. The van der Waals surface area contributed by atoms with E-state index in [4.69, 9.17) is 10.5 Å². The summed E-state index contributed by atoms with van der Waals surface area (Å²) in [5.74, 6) is 0.903. The quantitative estimate of drug-likeness (QED) is 0.791. The molecule has 0 aliphatic carbocycles. The van der Waals surface area contributed by atoms with Crippen LogP contribution in [-0.4, -0.2) is 35.8 Å². The fourth-order valence-corrected chi connectivity index (χ4v) is 1.85. The number of anilines is 1.